The number of alkyl halides is 1. The van der Waals surface area contributed by atoms with Gasteiger partial charge in [-0.3, -0.25) is 0 Å². The van der Waals surface area contributed by atoms with Gasteiger partial charge in [-0.25, -0.2) is 0 Å². The lowest BCUT2D eigenvalue weighted by Gasteiger charge is -2.27. The molecule has 2 aromatic rings. The van der Waals surface area contributed by atoms with Crippen LogP contribution in [0.2, 0.25) is 0 Å². The number of benzene rings is 2. The molecule has 1 nitrogen and oxygen atoms in total. The first-order valence-electron chi connectivity index (χ1n) is 7.93. The highest BCUT2D eigenvalue weighted by Crippen LogP contribution is 2.28. The molecule has 0 bridgehead atoms. The van der Waals surface area contributed by atoms with Gasteiger partial charge in [-0.15, -0.1) is 0 Å². The molecule has 0 saturated heterocycles. The zero-order valence-corrected chi connectivity index (χ0v) is 15.4. The smallest absolute Gasteiger partial charge is 0.0328 e. The van der Waals surface area contributed by atoms with E-state index in [4.69, 9.17) is 0 Å². The maximum Gasteiger partial charge on any atom is 0.0328 e. The lowest BCUT2D eigenvalue weighted by atomic mass is 9.88. The van der Waals surface area contributed by atoms with Gasteiger partial charge in [-0.05, 0) is 45.0 Å². The lowest BCUT2D eigenvalue weighted by Crippen LogP contribution is -2.33. The zero-order chi connectivity index (χ0) is 16.0. The molecule has 0 aliphatic heterocycles. The summed E-state index contributed by atoms with van der Waals surface area (Å²) in [7, 11) is 2.20. The minimum absolute atomic E-state index is 0.163. The molecule has 0 amide bonds. The SMILES string of the molecule is CN(CCC(c1ccccc1)c1ccccc1)CC(C)(C)Br. The maximum absolute atomic E-state index is 3.73. The Bertz CT molecular complexity index is 505. The first kappa shape index (κ1) is 17.2. The van der Waals surface area contributed by atoms with E-state index in [1.807, 2.05) is 0 Å². The second-order valence-electron chi connectivity index (χ2n) is 6.62. The largest absolute Gasteiger partial charge is 0.305 e. The Balaban J connectivity index is 2.10. The van der Waals surface area contributed by atoms with E-state index in [2.05, 4.69) is 102 Å². The van der Waals surface area contributed by atoms with Crippen LogP contribution in [-0.4, -0.2) is 29.4 Å². The Morgan fingerprint density at radius 2 is 1.36 bits per heavy atom. The Labute approximate surface area is 143 Å². The lowest BCUT2D eigenvalue weighted by molar-refractivity contribution is 0.303. The first-order chi connectivity index (χ1) is 10.5. The quantitative estimate of drug-likeness (QED) is 0.605. The Morgan fingerprint density at radius 3 is 1.77 bits per heavy atom. The summed E-state index contributed by atoms with van der Waals surface area (Å²) in [4.78, 5) is 2.41. The summed E-state index contributed by atoms with van der Waals surface area (Å²) < 4.78 is 0.163. The third-order valence-electron chi connectivity index (χ3n) is 3.85. The number of nitrogens with zero attached hydrogens (tertiary/aromatic N) is 1. The summed E-state index contributed by atoms with van der Waals surface area (Å²) in [6, 6.07) is 21.7. The molecule has 0 unspecified atom stereocenters. The van der Waals surface area contributed by atoms with Crippen molar-refractivity contribution in [3.8, 4) is 0 Å². The molecule has 2 aromatic carbocycles. The molecule has 0 radical (unpaired) electrons. The normalized spacial score (nSPS) is 12.1. The minimum atomic E-state index is 0.163. The molecule has 0 atom stereocenters. The fourth-order valence-corrected chi connectivity index (χ4v) is 3.39. The average molecular weight is 360 g/mol. The molecule has 0 N–H and O–H groups in total. The van der Waals surface area contributed by atoms with E-state index in [-0.39, 0.29) is 4.32 Å². The summed E-state index contributed by atoms with van der Waals surface area (Å²) >= 11 is 3.73. The summed E-state index contributed by atoms with van der Waals surface area (Å²) in [5.74, 6) is 0.461. The fraction of sp³-hybridized carbons (Fsp3) is 0.400. The van der Waals surface area contributed by atoms with Crippen LogP contribution >= 0.6 is 15.9 Å². The van der Waals surface area contributed by atoms with Crippen molar-refractivity contribution in [2.45, 2.75) is 30.5 Å². The minimum Gasteiger partial charge on any atom is -0.305 e. The van der Waals surface area contributed by atoms with E-state index in [1.54, 1.807) is 0 Å². The van der Waals surface area contributed by atoms with Crippen LogP contribution < -0.4 is 0 Å². The van der Waals surface area contributed by atoms with Crippen molar-refractivity contribution in [1.29, 1.82) is 0 Å². The number of rotatable bonds is 7. The third kappa shape index (κ3) is 5.58. The topological polar surface area (TPSA) is 3.24 Å². The van der Waals surface area contributed by atoms with Crippen LogP contribution in [0.5, 0.6) is 0 Å². The van der Waals surface area contributed by atoms with E-state index < -0.39 is 0 Å². The second-order valence-corrected chi connectivity index (χ2v) is 8.77. The van der Waals surface area contributed by atoms with Crippen molar-refractivity contribution in [3.05, 3.63) is 71.8 Å². The molecule has 0 aliphatic rings. The standard InChI is InChI=1S/C20H26BrN/c1-20(2,21)16-22(3)15-14-19(17-10-6-4-7-11-17)18-12-8-5-9-13-18/h4-13,19H,14-16H2,1-3H3. The van der Waals surface area contributed by atoms with Crippen molar-refractivity contribution < 1.29 is 0 Å². The molecule has 0 fully saturated rings. The number of hydrogen-bond donors (Lipinski definition) is 0. The van der Waals surface area contributed by atoms with Gasteiger partial charge in [0.1, 0.15) is 0 Å². The molecule has 0 heterocycles. The van der Waals surface area contributed by atoms with Crippen LogP contribution in [0, 0.1) is 0 Å². The van der Waals surface area contributed by atoms with Gasteiger partial charge in [0.05, 0.1) is 0 Å². The van der Waals surface area contributed by atoms with E-state index >= 15 is 0 Å². The maximum atomic E-state index is 3.73. The van der Waals surface area contributed by atoms with Crippen LogP contribution in [0.4, 0.5) is 0 Å². The fourth-order valence-electron chi connectivity index (χ4n) is 2.97. The number of hydrogen-bond acceptors (Lipinski definition) is 1. The van der Waals surface area contributed by atoms with Gasteiger partial charge < -0.3 is 4.90 Å². The van der Waals surface area contributed by atoms with E-state index in [0.717, 1.165) is 19.5 Å². The highest BCUT2D eigenvalue weighted by atomic mass is 79.9. The van der Waals surface area contributed by atoms with E-state index in [1.165, 1.54) is 11.1 Å². The van der Waals surface area contributed by atoms with Crippen molar-refractivity contribution in [2.24, 2.45) is 0 Å². The van der Waals surface area contributed by atoms with Gasteiger partial charge in [0.15, 0.2) is 0 Å². The van der Waals surface area contributed by atoms with Crippen molar-refractivity contribution >= 4 is 15.9 Å². The van der Waals surface area contributed by atoms with Crippen LogP contribution in [0.1, 0.15) is 37.3 Å². The van der Waals surface area contributed by atoms with Crippen LogP contribution in [0.25, 0.3) is 0 Å². The highest BCUT2D eigenvalue weighted by molar-refractivity contribution is 9.10. The number of halogens is 1. The van der Waals surface area contributed by atoms with E-state index in [0.29, 0.717) is 5.92 Å². The van der Waals surface area contributed by atoms with Crippen molar-refractivity contribution in [3.63, 3.8) is 0 Å². The average Bonchev–Trinajstić information content (AvgIpc) is 2.48. The van der Waals surface area contributed by atoms with Gasteiger partial charge in [0, 0.05) is 16.8 Å². The highest BCUT2D eigenvalue weighted by Gasteiger charge is 2.18. The molecule has 0 aromatic heterocycles. The molecule has 2 heteroatoms. The second kappa shape index (κ2) is 7.94. The van der Waals surface area contributed by atoms with Crippen molar-refractivity contribution in [2.75, 3.05) is 20.1 Å². The molecule has 0 aliphatic carbocycles. The Kier molecular flexibility index (Phi) is 6.22. The van der Waals surface area contributed by atoms with Gasteiger partial charge in [0.25, 0.3) is 0 Å². The van der Waals surface area contributed by atoms with Crippen LogP contribution in [-0.2, 0) is 0 Å². The zero-order valence-electron chi connectivity index (χ0n) is 13.8. The predicted octanol–water partition coefficient (Wildman–Crippen LogP) is 5.31. The van der Waals surface area contributed by atoms with Crippen LogP contribution in [0.3, 0.4) is 0 Å². The van der Waals surface area contributed by atoms with Gasteiger partial charge in [0.2, 0.25) is 0 Å². The van der Waals surface area contributed by atoms with Gasteiger partial charge in [-0.1, -0.05) is 76.6 Å². The first-order valence-corrected chi connectivity index (χ1v) is 8.72. The molecular weight excluding hydrogens is 334 g/mol. The van der Waals surface area contributed by atoms with Gasteiger partial charge in [-0.2, -0.15) is 0 Å². The summed E-state index contributed by atoms with van der Waals surface area (Å²) in [5, 5.41) is 0. The Morgan fingerprint density at radius 1 is 0.909 bits per heavy atom. The van der Waals surface area contributed by atoms with Gasteiger partial charge >= 0.3 is 0 Å². The molecular formula is C20H26BrN. The van der Waals surface area contributed by atoms with Crippen molar-refractivity contribution in [1.82, 2.24) is 4.90 Å². The van der Waals surface area contributed by atoms with Crippen LogP contribution in [0.15, 0.2) is 60.7 Å². The molecule has 22 heavy (non-hydrogen) atoms. The monoisotopic (exact) mass is 359 g/mol. The molecule has 0 spiro atoms. The summed E-state index contributed by atoms with van der Waals surface area (Å²) in [5.41, 5.74) is 2.81. The molecule has 2 rings (SSSR count). The third-order valence-corrected chi connectivity index (χ3v) is 4.10. The summed E-state index contributed by atoms with van der Waals surface area (Å²) in [6.45, 7) is 6.57. The molecule has 0 saturated carbocycles. The molecule has 118 valence electrons. The Hall–Kier alpha value is -1.12. The van der Waals surface area contributed by atoms with E-state index in [9.17, 15) is 0 Å². The predicted molar refractivity (Wildman–Crippen MR) is 99.8 cm³/mol. The summed E-state index contributed by atoms with van der Waals surface area (Å²) in [6.07, 6.45) is 1.13.